The van der Waals surface area contributed by atoms with E-state index in [2.05, 4.69) is 23.1 Å². The Kier molecular flexibility index (Phi) is 10.5. The average molecular weight is 687 g/mol. The van der Waals surface area contributed by atoms with Crippen molar-refractivity contribution in [1.29, 1.82) is 0 Å². The minimum atomic E-state index is -1.04. The van der Waals surface area contributed by atoms with Gasteiger partial charge in [-0.2, -0.15) is 0 Å². The molecule has 8 nitrogen and oxygen atoms in total. The zero-order chi connectivity index (χ0) is 35.5. The number of phenols is 1. The van der Waals surface area contributed by atoms with Gasteiger partial charge in [0, 0.05) is 37.0 Å². The van der Waals surface area contributed by atoms with Gasteiger partial charge in [0.2, 0.25) is 11.8 Å². The molecule has 264 valence electrons. The number of aliphatic hydroxyl groups excluding tert-OH is 3. The number of aromatic hydroxyl groups is 1. The third kappa shape index (κ3) is 7.02. The highest BCUT2D eigenvalue weighted by Crippen LogP contribution is 2.47. The van der Waals surface area contributed by atoms with Gasteiger partial charge in [0.1, 0.15) is 5.75 Å². The Morgan fingerprint density at radius 2 is 1.49 bits per heavy atom. The summed E-state index contributed by atoms with van der Waals surface area (Å²) in [5.74, 6) is -2.46. The lowest BCUT2D eigenvalue weighted by Gasteiger charge is -2.36. The van der Waals surface area contributed by atoms with Gasteiger partial charge in [0.05, 0.1) is 31.2 Å². The Morgan fingerprint density at radius 1 is 0.824 bits per heavy atom. The normalized spacial score (nSPS) is 22.5. The van der Waals surface area contributed by atoms with E-state index in [1.807, 2.05) is 78.9 Å². The van der Waals surface area contributed by atoms with E-state index in [1.165, 1.54) is 10.5 Å². The smallest absolute Gasteiger partial charge is 0.234 e. The first-order chi connectivity index (χ1) is 24.9. The maximum Gasteiger partial charge on any atom is 0.234 e. The Bertz CT molecular complexity index is 1930. The predicted octanol–water partition coefficient (Wildman–Crippen LogP) is 5.79. The van der Waals surface area contributed by atoms with Gasteiger partial charge in [0.15, 0.2) is 0 Å². The quantitative estimate of drug-likeness (QED) is 0.0895. The standard InChI is InChI=1S/C43H46N2O6/c46-26-32-24-36-41(43(51)45(42(36)50)33-19-21-44(22-20-33)25-28-9-3-1-4-10-28)37(27-47)40(32)39(49)18-15-30(29-11-5-2-6-12-29)23-31-16-17-38(48)35-14-8-7-13-34(31)35/h1-14,16-17,23,33,36-37,39,41,46-49H,15,18-22,24-27H2/b30-23-/t36-,37+,39-,41-/m1/s1. The molecule has 2 saturated heterocycles. The molecule has 2 fully saturated rings. The largest absolute Gasteiger partial charge is 0.507 e. The summed E-state index contributed by atoms with van der Waals surface area (Å²) in [5, 5.41) is 45.3. The van der Waals surface area contributed by atoms with E-state index in [4.69, 9.17) is 0 Å². The van der Waals surface area contributed by atoms with E-state index in [-0.39, 0.29) is 43.1 Å². The van der Waals surface area contributed by atoms with Crippen molar-refractivity contribution in [2.45, 2.75) is 50.8 Å². The Balaban J connectivity index is 1.10. The summed E-state index contributed by atoms with van der Waals surface area (Å²) in [5.41, 5.74) is 5.16. The maximum absolute atomic E-state index is 14.1. The van der Waals surface area contributed by atoms with Crippen LogP contribution in [0.2, 0.25) is 0 Å². The van der Waals surface area contributed by atoms with Crippen molar-refractivity contribution in [3.63, 3.8) is 0 Å². The zero-order valence-electron chi connectivity index (χ0n) is 28.8. The van der Waals surface area contributed by atoms with Gasteiger partial charge in [0.25, 0.3) is 0 Å². The molecule has 2 amide bonds. The third-order valence-corrected chi connectivity index (χ3v) is 11.2. The molecule has 0 aromatic heterocycles. The van der Waals surface area contributed by atoms with Crippen LogP contribution in [0.15, 0.2) is 108 Å². The molecule has 0 saturated carbocycles. The molecule has 0 spiro atoms. The van der Waals surface area contributed by atoms with Crippen LogP contribution in [0.3, 0.4) is 0 Å². The van der Waals surface area contributed by atoms with Gasteiger partial charge >= 0.3 is 0 Å². The van der Waals surface area contributed by atoms with Crippen LogP contribution in [-0.2, 0) is 16.1 Å². The molecule has 4 aromatic rings. The van der Waals surface area contributed by atoms with Crippen LogP contribution in [0, 0.1) is 17.8 Å². The number of likely N-dealkylation sites (tertiary alicyclic amines) is 2. The first kappa shape index (κ1) is 34.8. The summed E-state index contributed by atoms with van der Waals surface area (Å²) in [6.07, 6.45) is 3.37. The number of amides is 2. The summed E-state index contributed by atoms with van der Waals surface area (Å²) >= 11 is 0. The number of hydrogen-bond donors (Lipinski definition) is 4. The lowest BCUT2D eigenvalue weighted by Crippen LogP contribution is -2.47. The number of imide groups is 1. The molecule has 2 heterocycles. The number of aliphatic hydroxyl groups is 3. The highest BCUT2D eigenvalue weighted by atomic mass is 16.3. The fourth-order valence-electron chi connectivity index (χ4n) is 8.69. The second-order valence-corrected chi connectivity index (χ2v) is 14.2. The van der Waals surface area contributed by atoms with Crippen LogP contribution in [0.5, 0.6) is 5.75 Å². The summed E-state index contributed by atoms with van der Waals surface area (Å²) in [4.78, 5) is 31.8. The number of rotatable bonds is 11. The maximum atomic E-state index is 14.1. The highest BCUT2D eigenvalue weighted by Gasteiger charge is 2.56. The monoisotopic (exact) mass is 686 g/mol. The molecule has 4 atom stereocenters. The van der Waals surface area contributed by atoms with Crippen LogP contribution in [-0.4, -0.2) is 80.5 Å². The van der Waals surface area contributed by atoms with E-state index in [0.717, 1.165) is 47.1 Å². The van der Waals surface area contributed by atoms with Crippen molar-refractivity contribution in [2.24, 2.45) is 17.8 Å². The van der Waals surface area contributed by atoms with Crippen molar-refractivity contribution in [1.82, 2.24) is 9.80 Å². The first-order valence-electron chi connectivity index (χ1n) is 18.1. The van der Waals surface area contributed by atoms with E-state index in [1.54, 1.807) is 6.07 Å². The number of allylic oxidation sites excluding steroid dienone is 1. The SMILES string of the molecule is O=C1[C@@H]2[C@@H](CC(CO)=C([C@H](O)CC/C(=C/c3ccc(O)c4ccccc34)c3ccccc3)[C@@H]2CO)C(=O)N1C1CCN(Cc2ccccc2)CC1. The molecule has 3 aliphatic rings. The number of fused-ring (bicyclic) bond motifs is 2. The third-order valence-electron chi connectivity index (χ3n) is 11.2. The fraction of sp³-hybridized carbons (Fsp3) is 0.349. The zero-order valence-corrected chi connectivity index (χ0v) is 28.8. The van der Waals surface area contributed by atoms with Crippen LogP contribution >= 0.6 is 0 Å². The van der Waals surface area contributed by atoms with E-state index in [9.17, 15) is 30.0 Å². The number of carbonyl (C=O) groups is 2. The van der Waals surface area contributed by atoms with Crippen LogP contribution in [0.25, 0.3) is 22.4 Å². The van der Waals surface area contributed by atoms with Gasteiger partial charge < -0.3 is 20.4 Å². The minimum Gasteiger partial charge on any atom is -0.507 e. The molecule has 4 N–H and O–H groups in total. The van der Waals surface area contributed by atoms with Crippen LogP contribution in [0.1, 0.15) is 48.8 Å². The van der Waals surface area contributed by atoms with Crippen molar-refractivity contribution in [2.75, 3.05) is 26.3 Å². The number of hydrogen-bond acceptors (Lipinski definition) is 7. The Labute approximate surface area is 299 Å². The lowest BCUT2D eigenvalue weighted by atomic mass is 9.68. The second-order valence-electron chi connectivity index (χ2n) is 14.2. The van der Waals surface area contributed by atoms with Gasteiger partial charge in [-0.05, 0) is 77.0 Å². The Hall–Kier alpha value is -4.60. The molecular weight excluding hydrogens is 640 g/mol. The van der Waals surface area contributed by atoms with E-state index in [0.29, 0.717) is 30.4 Å². The topological polar surface area (TPSA) is 122 Å². The Morgan fingerprint density at radius 3 is 2.18 bits per heavy atom. The van der Waals surface area contributed by atoms with Gasteiger partial charge in [-0.1, -0.05) is 97.1 Å². The van der Waals surface area contributed by atoms with Crippen molar-refractivity contribution in [3.05, 3.63) is 125 Å². The first-order valence-corrected chi connectivity index (χ1v) is 18.1. The van der Waals surface area contributed by atoms with Crippen molar-refractivity contribution >= 4 is 34.2 Å². The summed E-state index contributed by atoms with van der Waals surface area (Å²) < 4.78 is 0. The minimum absolute atomic E-state index is 0.193. The molecule has 4 aromatic carbocycles. The van der Waals surface area contributed by atoms with Gasteiger partial charge in [-0.25, -0.2) is 0 Å². The molecule has 1 aliphatic carbocycles. The van der Waals surface area contributed by atoms with E-state index < -0.39 is 30.5 Å². The molecule has 0 unspecified atom stereocenters. The fourth-order valence-corrected chi connectivity index (χ4v) is 8.69. The molecule has 51 heavy (non-hydrogen) atoms. The van der Waals surface area contributed by atoms with Crippen molar-refractivity contribution < 1.29 is 30.0 Å². The summed E-state index contributed by atoms with van der Waals surface area (Å²) in [7, 11) is 0. The van der Waals surface area contributed by atoms with Crippen LogP contribution < -0.4 is 0 Å². The number of piperidine rings is 1. The molecule has 0 bridgehead atoms. The second kappa shape index (κ2) is 15.3. The van der Waals surface area contributed by atoms with E-state index >= 15 is 0 Å². The molecule has 0 radical (unpaired) electrons. The number of carbonyl (C=O) groups excluding carboxylic acids is 2. The van der Waals surface area contributed by atoms with Crippen molar-refractivity contribution in [3.8, 4) is 5.75 Å². The average Bonchev–Trinajstić information content (AvgIpc) is 3.42. The highest BCUT2D eigenvalue weighted by molar-refractivity contribution is 6.06. The number of nitrogens with zero attached hydrogens (tertiary/aromatic N) is 2. The number of phenolic OH excluding ortho intramolecular Hbond substituents is 1. The van der Waals surface area contributed by atoms with Gasteiger partial charge in [-0.3, -0.25) is 19.4 Å². The van der Waals surface area contributed by atoms with Gasteiger partial charge in [-0.15, -0.1) is 0 Å². The molecule has 7 rings (SSSR count). The predicted molar refractivity (Wildman–Crippen MR) is 198 cm³/mol. The lowest BCUT2D eigenvalue weighted by molar-refractivity contribution is -0.144. The summed E-state index contributed by atoms with van der Waals surface area (Å²) in [6, 6.07) is 31.2. The number of benzene rings is 4. The van der Waals surface area contributed by atoms with Crippen LogP contribution in [0.4, 0.5) is 0 Å². The summed E-state index contributed by atoms with van der Waals surface area (Å²) in [6.45, 7) is 1.62. The molecular formula is C43H46N2O6. The molecule has 2 aliphatic heterocycles. The molecule has 8 heteroatoms.